The fraction of sp³-hybridized carbons (Fsp3) is 0.400. The number of hydrogen-bond acceptors (Lipinski definition) is 1. The van der Waals surface area contributed by atoms with E-state index in [2.05, 4.69) is 0 Å². The van der Waals surface area contributed by atoms with Gasteiger partial charge < -0.3 is 5.73 Å². The molecule has 0 atom stereocenters. The molecule has 0 aliphatic carbocycles. The number of alkyl halides is 6. The van der Waals surface area contributed by atoms with Crippen LogP contribution in [0, 0.1) is 6.92 Å². The standard InChI is InChI=1S/C10H9F6N/c1-5-2-7(9(11,12)13)3-6(4-17)8(5)10(14,15)16/h2-3H,4,17H2,1H3. The van der Waals surface area contributed by atoms with Crippen LogP contribution in [-0.4, -0.2) is 0 Å². The first-order chi connectivity index (χ1) is 7.57. The van der Waals surface area contributed by atoms with Crippen molar-refractivity contribution in [2.75, 3.05) is 0 Å². The Morgan fingerprint density at radius 2 is 1.53 bits per heavy atom. The van der Waals surface area contributed by atoms with Gasteiger partial charge in [-0.1, -0.05) is 0 Å². The van der Waals surface area contributed by atoms with E-state index in [1.54, 1.807) is 0 Å². The van der Waals surface area contributed by atoms with Gasteiger partial charge in [-0.2, -0.15) is 26.3 Å². The number of rotatable bonds is 1. The summed E-state index contributed by atoms with van der Waals surface area (Å²) in [5, 5.41) is 0. The molecule has 1 aromatic carbocycles. The Labute approximate surface area is 93.2 Å². The smallest absolute Gasteiger partial charge is 0.326 e. The summed E-state index contributed by atoms with van der Waals surface area (Å²) in [4.78, 5) is 0. The summed E-state index contributed by atoms with van der Waals surface area (Å²) < 4.78 is 74.9. The third-order valence-electron chi connectivity index (χ3n) is 2.25. The molecule has 2 N–H and O–H groups in total. The molecule has 0 aliphatic heterocycles. The molecule has 0 aliphatic rings. The molecule has 0 amide bonds. The predicted octanol–water partition coefficient (Wildman–Crippen LogP) is 3.49. The third kappa shape index (κ3) is 2.91. The molecule has 1 aromatic rings. The van der Waals surface area contributed by atoms with Crippen LogP contribution in [0.15, 0.2) is 12.1 Å². The minimum absolute atomic E-state index is 0.440. The van der Waals surface area contributed by atoms with Crippen LogP contribution in [0.1, 0.15) is 22.3 Å². The van der Waals surface area contributed by atoms with Crippen molar-refractivity contribution in [1.29, 1.82) is 0 Å². The molecule has 17 heavy (non-hydrogen) atoms. The lowest BCUT2D eigenvalue weighted by molar-refractivity contribution is -0.142. The minimum Gasteiger partial charge on any atom is -0.326 e. The van der Waals surface area contributed by atoms with Gasteiger partial charge in [-0.05, 0) is 30.2 Å². The molecule has 1 rings (SSSR count). The van der Waals surface area contributed by atoms with E-state index in [-0.39, 0.29) is 0 Å². The van der Waals surface area contributed by atoms with Crippen molar-refractivity contribution in [3.63, 3.8) is 0 Å². The summed E-state index contributed by atoms with van der Waals surface area (Å²) in [6.07, 6.45) is -9.39. The van der Waals surface area contributed by atoms with E-state index >= 15 is 0 Å². The Balaban J connectivity index is 3.47. The first-order valence-electron chi connectivity index (χ1n) is 4.55. The SMILES string of the molecule is Cc1cc(C(F)(F)F)cc(CN)c1C(F)(F)F. The van der Waals surface area contributed by atoms with E-state index in [9.17, 15) is 26.3 Å². The molecular weight excluding hydrogens is 248 g/mol. The molecule has 0 spiro atoms. The largest absolute Gasteiger partial charge is 0.416 e. The summed E-state index contributed by atoms with van der Waals surface area (Å²) in [6, 6.07) is 0.914. The quantitative estimate of drug-likeness (QED) is 0.766. The highest BCUT2D eigenvalue weighted by Crippen LogP contribution is 2.38. The van der Waals surface area contributed by atoms with Crippen LogP contribution >= 0.6 is 0 Å². The van der Waals surface area contributed by atoms with Crippen molar-refractivity contribution >= 4 is 0 Å². The Morgan fingerprint density at radius 3 is 1.88 bits per heavy atom. The number of nitrogens with two attached hydrogens (primary N) is 1. The first kappa shape index (κ1) is 13.8. The van der Waals surface area contributed by atoms with Gasteiger partial charge in [0.25, 0.3) is 0 Å². The van der Waals surface area contributed by atoms with Gasteiger partial charge in [0.15, 0.2) is 0 Å². The van der Waals surface area contributed by atoms with Gasteiger partial charge in [0.2, 0.25) is 0 Å². The highest BCUT2D eigenvalue weighted by Gasteiger charge is 2.38. The van der Waals surface area contributed by atoms with Gasteiger partial charge in [-0.25, -0.2) is 0 Å². The molecule has 7 heteroatoms. The minimum atomic E-state index is -4.71. The van der Waals surface area contributed by atoms with Gasteiger partial charge in [0.05, 0.1) is 11.1 Å². The predicted molar refractivity (Wildman–Crippen MR) is 49.1 cm³/mol. The molecule has 0 saturated carbocycles. The van der Waals surface area contributed by atoms with E-state index < -0.39 is 41.2 Å². The highest BCUT2D eigenvalue weighted by molar-refractivity contribution is 5.41. The van der Waals surface area contributed by atoms with Gasteiger partial charge >= 0.3 is 12.4 Å². The maximum Gasteiger partial charge on any atom is 0.416 e. The molecule has 0 fully saturated rings. The number of hydrogen-bond donors (Lipinski definition) is 1. The fourth-order valence-electron chi connectivity index (χ4n) is 1.59. The highest BCUT2D eigenvalue weighted by atomic mass is 19.4. The van der Waals surface area contributed by atoms with Crippen molar-refractivity contribution < 1.29 is 26.3 Å². The van der Waals surface area contributed by atoms with Crippen LogP contribution in [0.3, 0.4) is 0 Å². The maximum absolute atomic E-state index is 12.6. The monoisotopic (exact) mass is 257 g/mol. The number of benzene rings is 1. The normalized spacial score (nSPS) is 12.9. The lowest BCUT2D eigenvalue weighted by Gasteiger charge is -2.17. The molecule has 0 radical (unpaired) electrons. The lowest BCUT2D eigenvalue weighted by Crippen LogP contribution is -2.17. The second-order valence-corrected chi connectivity index (χ2v) is 3.53. The van der Waals surface area contributed by atoms with Crippen molar-refractivity contribution in [2.45, 2.75) is 25.8 Å². The zero-order valence-corrected chi connectivity index (χ0v) is 8.71. The summed E-state index contributed by atoms with van der Waals surface area (Å²) >= 11 is 0. The van der Waals surface area contributed by atoms with Crippen LogP contribution in [0.5, 0.6) is 0 Å². The topological polar surface area (TPSA) is 26.0 Å². The van der Waals surface area contributed by atoms with Crippen molar-refractivity contribution in [3.8, 4) is 0 Å². The zero-order chi connectivity index (χ0) is 13.4. The summed E-state index contributed by atoms with van der Waals surface area (Å²) in [5.74, 6) is 0. The molecule has 0 saturated heterocycles. The summed E-state index contributed by atoms with van der Waals surface area (Å²) in [6.45, 7) is 0.386. The van der Waals surface area contributed by atoms with Gasteiger partial charge in [0.1, 0.15) is 0 Å². The zero-order valence-electron chi connectivity index (χ0n) is 8.71. The molecule has 96 valence electrons. The Bertz CT molecular complexity index is 418. The van der Waals surface area contributed by atoms with Gasteiger partial charge in [0, 0.05) is 6.54 Å². The lowest BCUT2D eigenvalue weighted by atomic mass is 9.97. The van der Waals surface area contributed by atoms with Gasteiger partial charge in [-0.15, -0.1) is 0 Å². The Hall–Kier alpha value is -1.24. The average molecular weight is 257 g/mol. The Morgan fingerprint density at radius 1 is 1.00 bits per heavy atom. The maximum atomic E-state index is 12.6. The molecular formula is C10H9F6N. The van der Waals surface area contributed by atoms with Crippen LogP contribution in [-0.2, 0) is 18.9 Å². The van der Waals surface area contributed by atoms with Crippen LogP contribution in [0.2, 0.25) is 0 Å². The molecule has 1 nitrogen and oxygen atoms in total. The molecule has 0 heterocycles. The second-order valence-electron chi connectivity index (χ2n) is 3.53. The Kier molecular flexibility index (Phi) is 3.42. The summed E-state index contributed by atoms with van der Waals surface area (Å²) in [5.41, 5.74) is 1.82. The van der Waals surface area contributed by atoms with Gasteiger partial charge in [-0.3, -0.25) is 0 Å². The van der Waals surface area contributed by atoms with E-state index in [1.807, 2.05) is 0 Å². The van der Waals surface area contributed by atoms with Crippen LogP contribution in [0.4, 0.5) is 26.3 Å². The molecule has 0 bridgehead atoms. The van der Waals surface area contributed by atoms with E-state index in [4.69, 9.17) is 5.73 Å². The van der Waals surface area contributed by atoms with Crippen molar-refractivity contribution in [3.05, 3.63) is 34.4 Å². The van der Waals surface area contributed by atoms with E-state index in [0.717, 1.165) is 6.92 Å². The van der Waals surface area contributed by atoms with Crippen LogP contribution in [0.25, 0.3) is 0 Å². The van der Waals surface area contributed by atoms with Crippen molar-refractivity contribution in [2.24, 2.45) is 5.73 Å². The molecule has 0 unspecified atom stereocenters. The average Bonchev–Trinajstić information content (AvgIpc) is 2.12. The number of aryl methyl sites for hydroxylation is 1. The molecule has 0 aromatic heterocycles. The fourth-order valence-corrected chi connectivity index (χ4v) is 1.59. The van der Waals surface area contributed by atoms with Crippen molar-refractivity contribution in [1.82, 2.24) is 0 Å². The number of halogens is 6. The van der Waals surface area contributed by atoms with E-state index in [0.29, 0.717) is 12.1 Å². The first-order valence-corrected chi connectivity index (χ1v) is 4.55. The third-order valence-corrected chi connectivity index (χ3v) is 2.25. The van der Waals surface area contributed by atoms with Crippen LogP contribution < -0.4 is 5.73 Å². The summed E-state index contributed by atoms with van der Waals surface area (Å²) in [7, 11) is 0. The van der Waals surface area contributed by atoms with E-state index in [1.165, 1.54) is 0 Å². The second kappa shape index (κ2) is 4.21.